The Morgan fingerprint density at radius 1 is 1.42 bits per heavy atom. The van der Waals surface area contributed by atoms with Crippen LogP contribution in [0.25, 0.3) is 0 Å². The smallest absolute Gasteiger partial charge is 0.337 e. The van der Waals surface area contributed by atoms with Crippen LogP contribution in [0.2, 0.25) is 0 Å². The summed E-state index contributed by atoms with van der Waals surface area (Å²) in [6.45, 7) is 4.10. The van der Waals surface area contributed by atoms with E-state index in [1.807, 2.05) is 13.8 Å². The molecule has 3 nitrogen and oxygen atoms in total. The fraction of sp³-hybridized carbons (Fsp3) is 0.889. The summed E-state index contributed by atoms with van der Waals surface area (Å²) in [7, 11) is 1.31. The Morgan fingerprint density at radius 3 is 2.33 bits per heavy atom. The van der Waals surface area contributed by atoms with Crippen molar-refractivity contribution in [3.05, 3.63) is 0 Å². The molecule has 0 radical (unpaired) electrons. The van der Waals surface area contributed by atoms with Crippen molar-refractivity contribution in [3.63, 3.8) is 0 Å². The first-order valence-electron chi connectivity index (χ1n) is 4.20. The SMILES string of the molecule is COC(=O)C1(O)CCC(C)(C)C1. The molecule has 0 amide bonds. The van der Waals surface area contributed by atoms with Crippen LogP contribution in [0.5, 0.6) is 0 Å². The molecule has 1 aliphatic carbocycles. The summed E-state index contributed by atoms with van der Waals surface area (Å²) in [5.41, 5.74) is -1.17. The first-order valence-corrected chi connectivity index (χ1v) is 4.20. The molecule has 0 saturated heterocycles. The molecule has 0 aliphatic heterocycles. The predicted molar refractivity (Wildman–Crippen MR) is 44.6 cm³/mol. The van der Waals surface area contributed by atoms with Crippen molar-refractivity contribution in [3.8, 4) is 0 Å². The molecule has 0 aromatic heterocycles. The fourth-order valence-electron chi connectivity index (χ4n) is 1.88. The first-order chi connectivity index (χ1) is 5.40. The lowest BCUT2D eigenvalue weighted by atomic mass is 9.89. The van der Waals surface area contributed by atoms with Gasteiger partial charge in [-0.3, -0.25) is 0 Å². The quantitative estimate of drug-likeness (QED) is 0.602. The van der Waals surface area contributed by atoms with Gasteiger partial charge in [0, 0.05) is 0 Å². The van der Waals surface area contributed by atoms with Crippen LogP contribution < -0.4 is 0 Å². The van der Waals surface area contributed by atoms with E-state index in [1.165, 1.54) is 7.11 Å². The van der Waals surface area contributed by atoms with E-state index in [0.29, 0.717) is 12.8 Å². The third kappa shape index (κ3) is 1.61. The molecular weight excluding hydrogens is 156 g/mol. The number of carbonyl (C=O) groups is 1. The molecule has 1 N–H and O–H groups in total. The third-order valence-corrected chi connectivity index (χ3v) is 2.55. The Kier molecular flexibility index (Phi) is 2.17. The van der Waals surface area contributed by atoms with Crippen molar-refractivity contribution in [2.45, 2.75) is 38.7 Å². The van der Waals surface area contributed by atoms with Crippen LogP contribution >= 0.6 is 0 Å². The summed E-state index contributed by atoms with van der Waals surface area (Å²) in [5, 5.41) is 9.82. The highest BCUT2D eigenvalue weighted by atomic mass is 16.5. The Bertz CT molecular complexity index is 198. The van der Waals surface area contributed by atoms with E-state index in [2.05, 4.69) is 4.74 Å². The molecule has 0 heterocycles. The molecular formula is C9H16O3. The van der Waals surface area contributed by atoms with Crippen LogP contribution in [0.3, 0.4) is 0 Å². The van der Waals surface area contributed by atoms with Gasteiger partial charge in [-0.1, -0.05) is 13.8 Å². The number of ether oxygens (including phenoxy) is 1. The van der Waals surface area contributed by atoms with Gasteiger partial charge in [0.2, 0.25) is 0 Å². The molecule has 0 spiro atoms. The molecule has 12 heavy (non-hydrogen) atoms. The highest BCUT2D eigenvalue weighted by Gasteiger charge is 2.47. The maximum Gasteiger partial charge on any atom is 0.337 e. The Balaban J connectivity index is 2.71. The Morgan fingerprint density at radius 2 is 2.00 bits per heavy atom. The van der Waals surface area contributed by atoms with Gasteiger partial charge in [-0.2, -0.15) is 0 Å². The largest absolute Gasteiger partial charge is 0.467 e. The van der Waals surface area contributed by atoms with E-state index < -0.39 is 11.6 Å². The first kappa shape index (κ1) is 9.52. The van der Waals surface area contributed by atoms with Crippen LogP contribution in [-0.2, 0) is 9.53 Å². The summed E-state index contributed by atoms with van der Waals surface area (Å²) in [6.07, 6.45) is 1.90. The monoisotopic (exact) mass is 172 g/mol. The van der Waals surface area contributed by atoms with E-state index >= 15 is 0 Å². The minimum Gasteiger partial charge on any atom is -0.467 e. The minimum atomic E-state index is -1.22. The number of hydrogen-bond acceptors (Lipinski definition) is 3. The van der Waals surface area contributed by atoms with Gasteiger partial charge in [0.1, 0.15) is 0 Å². The molecule has 1 aliphatic rings. The zero-order valence-corrected chi connectivity index (χ0v) is 7.89. The standard InChI is InChI=1S/C9H16O3/c1-8(2)4-5-9(11,6-8)7(10)12-3/h11H,4-6H2,1-3H3. The van der Waals surface area contributed by atoms with Gasteiger partial charge in [0.15, 0.2) is 5.60 Å². The van der Waals surface area contributed by atoms with Crippen LogP contribution in [0.1, 0.15) is 33.1 Å². The van der Waals surface area contributed by atoms with Gasteiger partial charge in [0.25, 0.3) is 0 Å². The number of esters is 1. The molecule has 1 rings (SSSR count). The van der Waals surface area contributed by atoms with E-state index in [9.17, 15) is 9.90 Å². The summed E-state index contributed by atoms with van der Waals surface area (Å²) in [4.78, 5) is 11.2. The number of methoxy groups -OCH3 is 1. The lowest BCUT2D eigenvalue weighted by molar-refractivity contribution is -0.162. The maximum absolute atomic E-state index is 11.2. The molecule has 3 heteroatoms. The normalized spacial score (nSPS) is 33.3. The van der Waals surface area contributed by atoms with Crippen LogP contribution in [0, 0.1) is 5.41 Å². The molecule has 1 fully saturated rings. The van der Waals surface area contributed by atoms with E-state index in [1.54, 1.807) is 0 Å². The number of aliphatic hydroxyl groups is 1. The van der Waals surface area contributed by atoms with Crippen LogP contribution in [0.15, 0.2) is 0 Å². The summed E-state index contributed by atoms with van der Waals surface area (Å²) in [6, 6.07) is 0. The second-order valence-electron chi connectivity index (χ2n) is 4.36. The van der Waals surface area contributed by atoms with E-state index in [4.69, 9.17) is 0 Å². The van der Waals surface area contributed by atoms with Crippen molar-refractivity contribution in [1.82, 2.24) is 0 Å². The molecule has 70 valence electrons. The van der Waals surface area contributed by atoms with Crippen molar-refractivity contribution < 1.29 is 14.6 Å². The van der Waals surface area contributed by atoms with Crippen molar-refractivity contribution in [2.75, 3.05) is 7.11 Å². The summed E-state index contributed by atoms with van der Waals surface area (Å²) in [5.74, 6) is -0.493. The minimum absolute atomic E-state index is 0.0585. The van der Waals surface area contributed by atoms with Gasteiger partial charge in [-0.15, -0.1) is 0 Å². The molecule has 0 aromatic carbocycles. The second kappa shape index (κ2) is 2.73. The lowest BCUT2D eigenvalue weighted by Gasteiger charge is -2.22. The summed E-state index contributed by atoms with van der Waals surface area (Å²) < 4.78 is 4.54. The number of carbonyl (C=O) groups excluding carboxylic acids is 1. The van der Waals surface area contributed by atoms with Gasteiger partial charge in [0.05, 0.1) is 7.11 Å². The second-order valence-corrected chi connectivity index (χ2v) is 4.36. The van der Waals surface area contributed by atoms with Crippen molar-refractivity contribution >= 4 is 5.97 Å². The van der Waals surface area contributed by atoms with Crippen molar-refractivity contribution in [1.29, 1.82) is 0 Å². The van der Waals surface area contributed by atoms with Gasteiger partial charge in [-0.25, -0.2) is 4.79 Å². The predicted octanol–water partition coefficient (Wildman–Crippen LogP) is 1.10. The molecule has 1 saturated carbocycles. The molecule has 0 aromatic rings. The highest BCUT2D eigenvalue weighted by Crippen LogP contribution is 2.43. The maximum atomic E-state index is 11.2. The van der Waals surface area contributed by atoms with Crippen molar-refractivity contribution in [2.24, 2.45) is 5.41 Å². The zero-order valence-electron chi connectivity index (χ0n) is 7.89. The van der Waals surface area contributed by atoms with Gasteiger partial charge in [-0.05, 0) is 24.7 Å². The Hall–Kier alpha value is -0.570. The van der Waals surface area contributed by atoms with Gasteiger partial charge >= 0.3 is 5.97 Å². The van der Waals surface area contributed by atoms with Crippen LogP contribution in [0.4, 0.5) is 0 Å². The third-order valence-electron chi connectivity index (χ3n) is 2.55. The van der Waals surface area contributed by atoms with E-state index in [0.717, 1.165) is 6.42 Å². The zero-order chi connectivity index (χ0) is 9.41. The number of rotatable bonds is 1. The molecule has 1 unspecified atom stereocenters. The Labute approximate surface area is 72.7 Å². The average Bonchev–Trinajstić information content (AvgIpc) is 2.25. The van der Waals surface area contributed by atoms with Gasteiger partial charge < -0.3 is 9.84 Å². The van der Waals surface area contributed by atoms with Crippen LogP contribution in [-0.4, -0.2) is 23.8 Å². The lowest BCUT2D eigenvalue weighted by Crippen LogP contribution is -2.37. The topological polar surface area (TPSA) is 46.5 Å². The molecule has 1 atom stereocenters. The fourth-order valence-corrected chi connectivity index (χ4v) is 1.88. The average molecular weight is 172 g/mol. The molecule has 0 bridgehead atoms. The summed E-state index contributed by atoms with van der Waals surface area (Å²) >= 11 is 0. The number of hydrogen-bond donors (Lipinski definition) is 1. The highest BCUT2D eigenvalue weighted by molar-refractivity contribution is 5.79. The van der Waals surface area contributed by atoms with E-state index in [-0.39, 0.29) is 5.41 Å².